The summed E-state index contributed by atoms with van der Waals surface area (Å²) in [5.41, 5.74) is 9.61. The van der Waals surface area contributed by atoms with E-state index in [0.717, 1.165) is 30.3 Å². The van der Waals surface area contributed by atoms with E-state index in [1.54, 1.807) is 6.33 Å². The van der Waals surface area contributed by atoms with E-state index < -0.39 is 0 Å². The molecule has 1 heterocycles. The summed E-state index contributed by atoms with van der Waals surface area (Å²) in [6.45, 7) is 0. The lowest BCUT2D eigenvalue weighted by Gasteiger charge is -2.08. The third-order valence-electron chi connectivity index (χ3n) is 2.97. The Bertz CT molecular complexity index is 468. The molecule has 0 spiro atoms. The van der Waals surface area contributed by atoms with Crippen LogP contribution in [0.25, 0.3) is 11.0 Å². The van der Waals surface area contributed by atoms with E-state index in [4.69, 9.17) is 5.73 Å². The number of para-hydroxylation sites is 1. The maximum atomic E-state index is 6.10. The lowest BCUT2D eigenvalue weighted by molar-refractivity contribution is 0.674. The number of fused-ring (bicyclic) bond motifs is 1. The molecular weight excluding hydrogens is 174 g/mol. The van der Waals surface area contributed by atoms with Crippen molar-refractivity contribution in [1.29, 1.82) is 0 Å². The summed E-state index contributed by atoms with van der Waals surface area (Å²) in [4.78, 5) is 7.43. The van der Waals surface area contributed by atoms with Crippen LogP contribution in [0.4, 0.5) is 0 Å². The molecule has 3 nitrogen and oxygen atoms in total. The molecule has 1 aromatic carbocycles. The lowest BCUT2D eigenvalue weighted by Crippen LogP contribution is -2.24. The predicted octanol–water partition coefficient (Wildman–Crippen LogP) is 1.60. The van der Waals surface area contributed by atoms with Gasteiger partial charge in [-0.2, -0.15) is 0 Å². The normalized spacial score (nSPS) is 18.6. The first-order valence-corrected chi connectivity index (χ1v) is 4.97. The second kappa shape index (κ2) is 2.58. The third-order valence-corrected chi connectivity index (χ3v) is 2.97. The van der Waals surface area contributed by atoms with Crippen LogP contribution in [0.3, 0.4) is 0 Å². The van der Waals surface area contributed by atoms with Crippen molar-refractivity contribution in [1.82, 2.24) is 9.97 Å². The van der Waals surface area contributed by atoms with Gasteiger partial charge in [0.15, 0.2) is 0 Å². The fourth-order valence-electron chi connectivity index (χ4n) is 1.89. The maximum Gasteiger partial charge on any atom is 0.0931 e. The molecule has 1 saturated carbocycles. The number of nitrogens with two attached hydrogens (primary N) is 1. The molecule has 3 heteroatoms. The van der Waals surface area contributed by atoms with E-state index in [1.165, 1.54) is 5.56 Å². The Balaban J connectivity index is 2.06. The first-order chi connectivity index (χ1) is 6.77. The third kappa shape index (κ3) is 1.21. The van der Waals surface area contributed by atoms with Gasteiger partial charge in [0.1, 0.15) is 0 Å². The minimum absolute atomic E-state index is 0.0627. The molecule has 0 bridgehead atoms. The van der Waals surface area contributed by atoms with Gasteiger partial charge < -0.3 is 10.7 Å². The molecule has 2 aromatic rings. The zero-order valence-electron chi connectivity index (χ0n) is 7.96. The quantitative estimate of drug-likeness (QED) is 0.750. The van der Waals surface area contributed by atoms with Gasteiger partial charge in [0, 0.05) is 5.54 Å². The number of nitrogens with zero attached hydrogens (tertiary/aromatic N) is 1. The summed E-state index contributed by atoms with van der Waals surface area (Å²) in [7, 11) is 0. The molecule has 3 N–H and O–H groups in total. The molecule has 3 rings (SSSR count). The summed E-state index contributed by atoms with van der Waals surface area (Å²) in [6, 6.07) is 6.22. The highest BCUT2D eigenvalue weighted by Crippen LogP contribution is 2.36. The minimum atomic E-state index is 0.0627. The van der Waals surface area contributed by atoms with Crippen molar-refractivity contribution in [3.8, 4) is 0 Å². The molecule has 1 aliphatic carbocycles. The number of hydrogen-bond acceptors (Lipinski definition) is 2. The number of benzene rings is 1. The molecule has 0 unspecified atom stereocenters. The smallest absolute Gasteiger partial charge is 0.0931 e. The first kappa shape index (κ1) is 8.00. The number of imidazole rings is 1. The zero-order chi connectivity index (χ0) is 9.60. The summed E-state index contributed by atoms with van der Waals surface area (Å²) < 4.78 is 0. The Morgan fingerprint density at radius 3 is 3.07 bits per heavy atom. The molecule has 0 atom stereocenters. The van der Waals surface area contributed by atoms with E-state index in [1.807, 2.05) is 6.07 Å². The highest BCUT2D eigenvalue weighted by Gasteiger charge is 2.38. The Morgan fingerprint density at radius 2 is 2.29 bits per heavy atom. The molecule has 1 aliphatic rings. The van der Waals surface area contributed by atoms with Gasteiger partial charge in [-0.25, -0.2) is 4.98 Å². The van der Waals surface area contributed by atoms with E-state index in [2.05, 4.69) is 22.1 Å². The Labute approximate surface area is 82.3 Å². The first-order valence-electron chi connectivity index (χ1n) is 4.97. The molecular formula is C11H13N3. The molecule has 14 heavy (non-hydrogen) atoms. The number of aromatic amines is 1. The largest absolute Gasteiger partial charge is 0.345 e. The molecule has 1 fully saturated rings. The van der Waals surface area contributed by atoms with Crippen LogP contribution in [0.1, 0.15) is 18.4 Å². The molecule has 0 saturated heterocycles. The van der Waals surface area contributed by atoms with E-state index in [9.17, 15) is 0 Å². The van der Waals surface area contributed by atoms with Crippen LogP contribution in [0.15, 0.2) is 24.5 Å². The van der Waals surface area contributed by atoms with Gasteiger partial charge in [0.25, 0.3) is 0 Å². The van der Waals surface area contributed by atoms with Gasteiger partial charge in [0.05, 0.1) is 17.4 Å². The number of aromatic nitrogens is 2. The molecule has 0 radical (unpaired) electrons. The summed E-state index contributed by atoms with van der Waals surface area (Å²) in [5, 5.41) is 0. The van der Waals surface area contributed by atoms with Crippen molar-refractivity contribution in [2.24, 2.45) is 5.73 Å². The van der Waals surface area contributed by atoms with Gasteiger partial charge in [-0.1, -0.05) is 12.1 Å². The molecule has 72 valence electrons. The van der Waals surface area contributed by atoms with Crippen molar-refractivity contribution >= 4 is 11.0 Å². The second-order valence-electron chi connectivity index (χ2n) is 4.25. The Kier molecular flexibility index (Phi) is 1.47. The fourth-order valence-corrected chi connectivity index (χ4v) is 1.89. The van der Waals surface area contributed by atoms with Crippen LogP contribution in [0.2, 0.25) is 0 Å². The van der Waals surface area contributed by atoms with E-state index >= 15 is 0 Å². The van der Waals surface area contributed by atoms with Gasteiger partial charge in [0.2, 0.25) is 0 Å². The van der Waals surface area contributed by atoms with E-state index in [-0.39, 0.29) is 5.54 Å². The Morgan fingerprint density at radius 1 is 1.43 bits per heavy atom. The van der Waals surface area contributed by atoms with Crippen LogP contribution in [0.5, 0.6) is 0 Å². The lowest BCUT2D eigenvalue weighted by atomic mass is 10.0. The maximum absolute atomic E-state index is 6.10. The summed E-state index contributed by atoms with van der Waals surface area (Å²) >= 11 is 0. The van der Waals surface area contributed by atoms with Gasteiger partial charge in [-0.05, 0) is 30.9 Å². The average Bonchev–Trinajstić information content (AvgIpc) is 2.73. The number of H-pyrrole nitrogens is 1. The number of hydrogen-bond donors (Lipinski definition) is 2. The van der Waals surface area contributed by atoms with Gasteiger partial charge in [-0.3, -0.25) is 0 Å². The van der Waals surface area contributed by atoms with Crippen LogP contribution >= 0.6 is 0 Å². The van der Waals surface area contributed by atoms with Crippen molar-refractivity contribution in [3.05, 3.63) is 30.1 Å². The van der Waals surface area contributed by atoms with Crippen LogP contribution < -0.4 is 5.73 Å². The van der Waals surface area contributed by atoms with E-state index in [0.29, 0.717) is 0 Å². The molecule has 1 aromatic heterocycles. The van der Waals surface area contributed by atoms with Crippen LogP contribution in [0, 0.1) is 0 Å². The topological polar surface area (TPSA) is 54.7 Å². The highest BCUT2D eigenvalue weighted by molar-refractivity contribution is 5.78. The monoisotopic (exact) mass is 187 g/mol. The van der Waals surface area contributed by atoms with Crippen molar-refractivity contribution in [2.75, 3.05) is 0 Å². The van der Waals surface area contributed by atoms with Gasteiger partial charge in [-0.15, -0.1) is 0 Å². The number of rotatable bonds is 2. The predicted molar refractivity (Wildman–Crippen MR) is 56.0 cm³/mol. The van der Waals surface area contributed by atoms with Crippen molar-refractivity contribution in [2.45, 2.75) is 24.8 Å². The Hall–Kier alpha value is -1.35. The SMILES string of the molecule is NC1(Cc2cccc3[nH]cnc23)CC1. The minimum Gasteiger partial charge on any atom is -0.345 e. The number of nitrogens with one attached hydrogen (secondary N) is 1. The fraction of sp³-hybridized carbons (Fsp3) is 0.364. The summed E-state index contributed by atoms with van der Waals surface area (Å²) in [5.74, 6) is 0. The van der Waals surface area contributed by atoms with Crippen LogP contribution in [-0.2, 0) is 6.42 Å². The summed E-state index contributed by atoms with van der Waals surface area (Å²) in [6.07, 6.45) is 4.99. The van der Waals surface area contributed by atoms with Crippen molar-refractivity contribution < 1.29 is 0 Å². The highest BCUT2D eigenvalue weighted by atomic mass is 14.9. The standard InChI is InChI=1S/C11H13N3/c12-11(4-5-11)6-8-2-1-3-9-10(8)14-7-13-9/h1-3,7H,4-6,12H2,(H,13,14). The van der Waals surface area contributed by atoms with Crippen molar-refractivity contribution in [3.63, 3.8) is 0 Å². The van der Waals surface area contributed by atoms with Gasteiger partial charge >= 0.3 is 0 Å². The average molecular weight is 187 g/mol. The molecule has 0 aliphatic heterocycles. The second-order valence-corrected chi connectivity index (χ2v) is 4.25. The van der Waals surface area contributed by atoms with Crippen LogP contribution in [-0.4, -0.2) is 15.5 Å². The molecule has 0 amide bonds. The zero-order valence-corrected chi connectivity index (χ0v) is 7.96.